The number of hydrogen-bond donors (Lipinski definition) is 6. The van der Waals surface area contributed by atoms with Crippen molar-refractivity contribution in [3.63, 3.8) is 0 Å². The monoisotopic (exact) mass is 308 g/mol. The van der Waals surface area contributed by atoms with Crippen molar-refractivity contribution in [2.24, 2.45) is 0 Å². The van der Waals surface area contributed by atoms with E-state index in [2.05, 4.69) is 0 Å². The molecule has 0 saturated carbocycles. The van der Waals surface area contributed by atoms with E-state index in [1.54, 1.807) is 0 Å². The van der Waals surface area contributed by atoms with Crippen LogP contribution in [0, 0.1) is 0 Å². The van der Waals surface area contributed by atoms with Crippen molar-refractivity contribution >= 4 is 18.0 Å². The number of aliphatic hydroxyl groups excluding tert-OH is 2. The molecule has 0 aliphatic heterocycles. The quantitative estimate of drug-likeness (QED) is 0.246. The van der Waals surface area contributed by atoms with E-state index in [0.29, 0.717) is 12.8 Å². The smallest absolute Gasteiger partial charge is 0.318 e. The number of urea groups is 1. The number of hydrogen-bond acceptors (Lipinski definition) is 5. The van der Waals surface area contributed by atoms with Crippen LogP contribution in [0.4, 0.5) is 4.79 Å². The summed E-state index contributed by atoms with van der Waals surface area (Å²) in [5.74, 6) is -1.52. The Balaban J connectivity index is 0. The summed E-state index contributed by atoms with van der Waals surface area (Å²) in [7, 11) is 0. The van der Waals surface area contributed by atoms with Crippen LogP contribution >= 0.6 is 0 Å². The minimum absolute atomic E-state index is 0.221. The maximum absolute atomic E-state index is 10.1. The lowest BCUT2D eigenvalue weighted by Gasteiger charge is -1.98. The Morgan fingerprint density at radius 3 is 1.29 bits per heavy atom. The number of rotatable bonds is 10. The van der Waals surface area contributed by atoms with Crippen LogP contribution in [0.3, 0.4) is 0 Å². The van der Waals surface area contributed by atoms with Crippen LogP contribution in [0.15, 0.2) is 0 Å². The van der Waals surface area contributed by atoms with Gasteiger partial charge in [-0.05, 0) is 12.8 Å². The number of aliphatic carboxylic acids is 2. The zero-order valence-electron chi connectivity index (χ0n) is 11.9. The van der Waals surface area contributed by atoms with Gasteiger partial charge >= 0.3 is 18.0 Å². The van der Waals surface area contributed by atoms with Gasteiger partial charge in [0.1, 0.15) is 13.5 Å². The second-order valence-electron chi connectivity index (χ2n) is 4.05. The summed E-state index contributed by atoms with van der Waals surface area (Å²) in [6.07, 6.45) is 4.53. The lowest BCUT2D eigenvalue weighted by molar-refractivity contribution is -0.138. The van der Waals surface area contributed by atoms with Gasteiger partial charge in [-0.25, -0.2) is 4.79 Å². The van der Waals surface area contributed by atoms with Gasteiger partial charge < -0.3 is 31.1 Å². The fourth-order valence-corrected chi connectivity index (χ4v) is 1.29. The van der Waals surface area contributed by atoms with E-state index >= 15 is 0 Å². The molecule has 6 N–H and O–H groups in total. The first-order chi connectivity index (χ1) is 9.93. The highest BCUT2D eigenvalue weighted by atomic mass is 16.4. The van der Waals surface area contributed by atoms with E-state index < -0.39 is 31.4 Å². The summed E-state index contributed by atoms with van der Waals surface area (Å²) in [4.78, 5) is 30.3. The molecule has 0 spiro atoms. The normalized spacial score (nSPS) is 9.24. The summed E-state index contributed by atoms with van der Waals surface area (Å²) in [6.45, 7) is -0.850. The molecule has 0 bridgehead atoms. The number of carboxylic acid groups (broad SMARTS) is 2. The molecule has 21 heavy (non-hydrogen) atoms. The highest BCUT2D eigenvalue weighted by Crippen LogP contribution is 2.06. The lowest BCUT2D eigenvalue weighted by atomic mass is 10.1. The maximum atomic E-state index is 10.1. The first-order valence-electron chi connectivity index (χ1n) is 6.61. The Hall–Kier alpha value is -1.87. The van der Waals surface area contributed by atoms with Crippen molar-refractivity contribution < 1.29 is 34.8 Å². The Morgan fingerprint density at radius 1 is 0.667 bits per heavy atom. The van der Waals surface area contributed by atoms with Crippen molar-refractivity contribution in [2.45, 2.75) is 44.9 Å². The topological polar surface area (TPSA) is 156 Å². The van der Waals surface area contributed by atoms with Crippen LogP contribution in [0.2, 0.25) is 0 Å². The molecular formula is C12H24N2O7. The second-order valence-corrected chi connectivity index (χ2v) is 4.05. The molecule has 124 valence electrons. The van der Waals surface area contributed by atoms with Gasteiger partial charge in [0.05, 0.1) is 0 Å². The molecule has 0 aromatic carbocycles. The van der Waals surface area contributed by atoms with E-state index in [1.807, 2.05) is 10.6 Å². The number of amides is 2. The molecule has 0 atom stereocenters. The van der Waals surface area contributed by atoms with Crippen molar-refractivity contribution in [2.75, 3.05) is 13.5 Å². The van der Waals surface area contributed by atoms with Gasteiger partial charge in [0.2, 0.25) is 0 Å². The highest BCUT2D eigenvalue weighted by Gasteiger charge is 1.98. The summed E-state index contributed by atoms with van der Waals surface area (Å²) in [6, 6.07) is -0.588. The molecule has 0 aromatic heterocycles. The third-order valence-corrected chi connectivity index (χ3v) is 2.26. The van der Waals surface area contributed by atoms with Crippen LogP contribution in [-0.4, -0.2) is 51.9 Å². The maximum Gasteiger partial charge on any atom is 0.318 e. The van der Waals surface area contributed by atoms with Gasteiger partial charge in [0.15, 0.2) is 0 Å². The SMILES string of the molecule is O=C(NCO)NCO.O=C(O)CCCCCCCC(=O)O. The summed E-state index contributed by atoms with van der Waals surface area (Å²) < 4.78 is 0. The van der Waals surface area contributed by atoms with Gasteiger partial charge in [-0.1, -0.05) is 19.3 Å². The summed E-state index contributed by atoms with van der Waals surface area (Å²) >= 11 is 0. The van der Waals surface area contributed by atoms with Crippen molar-refractivity contribution in [3.05, 3.63) is 0 Å². The second kappa shape index (κ2) is 16.2. The standard InChI is InChI=1S/C9H16O4.C3H8N2O3/c10-8(11)6-4-2-1-3-5-7-9(12)13;6-1-4-3(8)5-2-7/h1-7H2,(H,10,11)(H,12,13);6-7H,1-2H2,(H2,4,5,8). The van der Waals surface area contributed by atoms with Crippen LogP contribution in [-0.2, 0) is 9.59 Å². The summed E-state index contributed by atoms with van der Waals surface area (Å²) in [5, 5.41) is 36.6. The minimum atomic E-state index is -0.759. The average molecular weight is 308 g/mol. The number of carbonyl (C=O) groups is 3. The Kier molecular flexibility index (Phi) is 16.5. The van der Waals surface area contributed by atoms with Crippen LogP contribution in [0.1, 0.15) is 44.9 Å². The van der Waals surface area contributed by atoms with Gasteiger partial charge in [0, 0.05) is 12.8 Å². The third kappa shape index (κ3) is 23.6. The molecule has 0 aromatic rings. The fraction of sp³-hybridized carbons (Fsp3) is 0.750. The molecule has 0 unspecified atom stereocenters. The van der Waals surface area contributed by atoms with Crippen LogP contribution in [0.5, 0.6) is 0 Å². The van der Waals surface area contributed by atoms with E-state index in [4.69, 9.17) is 20.4 Å². The van der Waals surface area contributed by atoms with Crippen LogP contribution in [0.25, 0.3) is 0 Å². The molecule has 0 heterocycles. The molecule has 9 nitrogen and oxygen atoms in total. The van der Waals surface area contributed by atoms with Gasteiger partial charge in [-0.3, -0.25) is 9.59 Å². The first-order valence-corrected chi connectivity index (χ1v) is 6.61. The predicted molar refractivity (Wildman–Crippen MR) is 73.4 cm³/mol. The average Bonchev–Trinajstić information content (AvgIpc) is 2.38. The number of aliphatic hydroxyl groups is 2. The van der Waals surface area contributed by atoms with Gasteiger partial charge in [-0.2, -0.15) is 0 Å². The number of carboxylic acids is 2. The van der Waals surface area contributed by atoms with E-state index in [-0.39, 0.29) is 12.8 Å². The van der Waals surface area contributed by atoms with Crippen LogP contribution < -0.4 is 10.6 Å². The molecule has 0 radical (unpaired) electrons. The zero-order chi connectivity index (χ0) is 16.5. The van der Waals surface area contributed by atoms with E-state index in [0.717, 1.165) is 19.3 Å². The molecule has 0 rings (SSSR count). The van der Waals surface area contributed by atoms with Gasteiger partial charge in [0.25, 0.3) is 0 Å². The summed E-state index contributed by atoms with van der Waals surface area (Å²) in [5.41, 5.74) is 0. The predicted octanol–water partition coefficient (Wildman–Crippen LogP) is 0.0715. The number of carbonyl (C=O) groups excluding carboxylic acids is 1. The molecule has 9 heteroatoms. The van der Waals surface area contributed by atoms with Crippen molar-refractivity contribution in [1.82, 2.24) is 10.6 Å². The molecule has 2 amide bonds. The number of unbranched alkanes of at least 4 members (excludes halogenated alkanes) is 4. The highest BCUT2D eigenvalue weighted by molar-refractivity contribution is 5.73. The van der Waals surface area contributed by atoms with E-state index in [9.17, 15) is 14.4 Å². The zero-order valence-corrected chi connectivity index (χ0v) is 11.9. The third-order valence-electron chi connectivity index (χ3n) is 2.26. The number of nitrogens with one attached hydrogen (secondary N) is 2. The molecular weight excluding hydrogens is 284 g/mol. The van der Waals surface area contributed by atoms with Crippen molar-refractivity contribution in [1.29, 1.82) is 0 Å². The Bertz CT molecular complexity index is 271. The van der Waals surface area contributed by atoms with E-state index in [1.165, 1.54) is 0 Å². The van der Waals surface area contributed by atoms with Gasteiger partial charge in [-0.15, -0.1) is 0 Å². The first kappa shape index (κ1) is 21.4. The molecule has 0 aliphatic rings. The Morgan fingerprint density at radius 2 is 1.00 bits per heavy atom. The molecule has 0 fully saturated rings. The minimum Gasteiger partial charge on any atom is -0.481 e. The molecule has 0 saturated heterocycles. The lowest BCUT2D eigenvalue weighted by Crippen LogP contribution is -2.36. The Labute approximate surface area is 123 Å². The molecule has 0 aliphatic carbocycles. The van der Waals surface area contributed by atoms with Crippen molar-refractivity contribution in [3.8, 4) is 0 Å². The largest absolute Gasteiger partial charge is 0.481 e. The fourth-order valence-electron chi connectivity index (χ4n) is 1.29.